The number of benzene rings is 3. The standard InChI is InChI=1S/C24H16Cl2FN3O3/c25-18-12-17(9-10-19(18)27)29-22(31)15-7-4-8-16(11-15)28-21-20(26)23(32)30(24(21)33)13-14-5-2-1-3-6-14/h1-12,28H,13H2,(H,29,31). The zero-order chi connectivity index (χ0) is 23.5. The molecule has 1 heterocycles. The molecule has 3 aromatic rings. The van der Waals surface area contributed by atoms with E-state index in [2.05, 4.69) is 10.6 Å². The summed E-state index contributed by atoms with van der Waals surface area (Å²) in [7, 11) is 0. The molecule has 0 atom stereocenters. The lowest BCUT2D eigenvalue weighted by molar-refractivity contribution is -0.138. The number of nitrogens with one attached hydrogen (secondary N) is 2. The second kappa shape index (κ2) is 9.44. The summed E-state index contributed by atoms with van der Waals surface area (Å²) < 4.78 is 13.3. The van der Waals surface area contributed by atoms with Crippen molar-refractivity contribution in [3.8, 4) is 0 Å². The molecule has 0 fully saturated rings. The Bertz CT molecular complexity index is 1300. The first-order chi connectivity index (χ1) is 15.8. The molecule has 0 unspecified atom stereocenters. The molecule has 0 aliphatic carbocycles. The van der Waals surface area contributed by atoms with Crippen LogP contribution in [0.3, 0.4) is 0 Å². The Hall–Kier alpha value is -3.68. The lowest BCUT2D eigenvalue weighted by atomic mass is 10.1. The maximum Gasteiger partial charge on any atom is 0.279 e. The fourth-order valence-electron chi connectivity index (χ4n) is 3.22. The summed E-state index contributed by atoms with van der Waals surface area (Å²) in [6, 6.07) is 19.2. The first-order valence-electron chi connectivity index (χ1n) is 9.77. The van der Waals surface area contributed by atoms with Crippen LogP contribution in [0, 0.1) is 5.82 Å². The van der Waals surface area contributed by atoms with E-state index in [9.17, 15) is 18.8 Å². The van der Waals surface area contributed by atoms with Gasteiger partial charge in [-0.15, -0.1) is 0 Å². The van der Waals surface area contributed by atoms with Gasteiger partial charge in [0.1, 0.15) is 16.5 Å². The number of amides is 3. The van der Waals surface area contributed by atoms with E-state index in [1.54, 1.807) is 30.3 Å². The zero-order valence-electron chi connectivity index (χ0n) is 16.9. The molecule has 1 aliphatic rings. The molecule has 0 radical (unpaired) electrons. The number of hydrogen-bond donors (Lipinski definition) is 2. The van der Waals surface area contributed by atoms with Crippen LogP contribution in [0.2, 0.25) is 5.02 Å². The van der Waals surface area contributed by atoms with Crippen LogP contribution in [0.25, 0.3) is 0 Å². The topological polar surface area (TPSA) is 78.5 Å². The fraction of sp³-hybridized carbons (Fsp3) is 0.0417. The number of carbonyl (C=O) groups is 3. The Balaban J connectivity index is 1.49. The second-order valence-electron chi connectivity index (χ2n) is 7.16. The Kier molecular flexibility index (Phi) is 6.44. The van der Waals surface area contributed by atoms with Crippen LogP contribution in [-0.4, -0.2) is 22.6 Å². The van der Waals surface area contributed by atoms with Gasteiger partial charge >= 0.3 is 0 Å². The average molecular weight is 484 g/mol. The minimum absolute atomic E-state index is 0.0690. The summed E-state index contributed by atoms with van der Waals surface area (Å²) in [5.41, 5.74) is 1.68. The molecule has 6 nitrogen and oxygen atoms in total. The number of anilines is 2. The van der Waals surface area contributed by atoms with Gasteiger partial charge in [0.15, 0.2) is 0 Å². The number of imide groups is 1. The average Bonchev–Trinajstić information content (AvgIpc) is 3.01. The van der Waals surface area contributed by atoms with Crippen molar-refractivity contribution in [2.24, 2.45) is 0 Å². The predicted molar refractivity (Wildman–Crippen MR) is 124 cm³/mol. The Labute approximate surface area is 198 Å². The normalized spacial score (nSPS) is 13.5. The summed E-state index contributed by atoms with van der Waals surface area (Å²) in [6.45, 7) is 0.0859. The van der Waals surface area contributed by atoms with Gasteiger partial charge in [0.25, 0.3) is 17.7 Å². The van der Waals surface area contributed by atoms with E-state index in [-0.39, 0.29) is 27.9 Å². The van der Waals surface area contributed by atoms with Crippen molar-refractivity contribution in [1.29, 1.82) is 0 Å². The van der Waals surface area contributed by atoms with Crippen molar-refractivity contribution in [2.75, 3.05) is 10.6 Å². The summed E-state index contributed by atoms with van der Waals surface area (Å²) in [5, 5.41) is 5.12. The molecule has 0 bridgehead atoms. The fourth-order valence-corrected chi connectivity index (χ4v) is 3.63. The Morgan fingerprint density at radius 3 is 2.36 bits per heavy atom. The van der Waals surface area contributed by atoms with Crippen molar-refractivity contribution in [1.82, 2.24) is 4.90 Å². The third kappa shape index (κ3) is 4.89. The molecule has 0 saturated carbocycles. The summed E-state index contributed by atoms with van der Waals surface area (Å²) in [6.07, 6.45) is 0. The first-order valence-corrected chi connectivity index (χ1v) is 10.5. The van der Waals surface area contributed by atoms with E-state index in [4.69, 9.17) is 23.2 Å². The van der Waals surface area contributed by atoms with E-state index in [1.165, 1.54) is 18.2 Å². The molecule has 1 aliphatic heterocycles. The van der Waals surface area contributed by atoms with Gasteiger partial charge in [-0.2, -0.15) is 0 Å². The summed E-state index contributed by atoms with van der Waals surface area (Å²) >= 11 is 11.9. The first kappa shape index (κ1) is 22.5. The monoisotopic (exact) mass is 483 g/mol. The maximum absolute atomic E-state index is 13.3. The van der Waals surface area contributed by atoms with E-state index < -0.39 is 23.5 Å². The smallest absolute Gasteiger partial charge is 0.279 e. The van der Waals surface area contributed by atoms with Crippen LogP contribution in [0.4, 0.5) is 15.8 Å². The molecule has 33 heavy (non-hydrogen) atoms. The number of hydrogen-bond acceptors (Lipinski definition) is 4. The van der Waals surface area contributed by atoms with Crippen molar-refractivity contribution < 1.29 is 18.8 Å². The van der Waals surface area contributed by atoms with E-state index in [1.807, 2.05) is 18.2 Å². The molecular weight excluding hydrogens is 468 g/mol. The van der Waals surface area contributed by atoms with Gasteiger partial charge in [-0.25, -0.2) is 4.39 Å². The molecule has 4 rings (SSSR count). The zero-order valence-corrected chi connectivity index (χ0v) is 18.5. The van der Waals surface area contributed by atoms with Crippen molar-refractivity contribution in [3.63, 3.8) is 0 Å². The highest BCUT2D eigenvalue weighted by Crippen LogP contribution is 2.27. The van der Waals surface area contributed by atoms with Crippen molar-refractivity contribution in [2.45, 2.75) is 6.54 Å². The van der Waals surface area contributed by atoms with E-state index in [0.29, 0.717) is 11.4 Å². The molecule has 0 saturated heterocycles. The van der Waals surface area contributed by atoms with Crippen molar-refractivity contribution in [3.05, 3.63) is 105 Å². The van der Waals surface area contributed by atoms with Gasteiger partial charge in [-0.1, -0.05) is 59.6 Å². The maximum atomic E-state index is 13.3. The third-order valence-electron chi connectivity index (χ3n) is 4.87. The molecule has 0 aromatic heterocycles. The van der Waals surface area contributed by atoms with Gasteiger partial charge in [0.05, 0.1) is 11.6 Å². The summed E-state index contributed by atoms with van der Waals surface area (Å²) in [4.78, 5) is 39.0. The molecule has 9 heteroatoms. The largest absolute Gasteiger partial charge is 0.350 e. The van der Waals surface area contributed by atoms with Crippen LogP contribution in [0.1, 0.15) is 15.9 Å². The minimum atomic E-state index is -0.602. The van der Waals surface area contributed by atoms with Gasteiger partial charge in [-0.3, -0.25) is 19.3 Å². The molecule has 166 valence electrons. The quantitative estimate of drug-likeness (QED) is 0.474. The highest BCUT2D eigenvalue weighted by molar-refractivity contribution is 6.48. The van der Waals surface area contributed by atoms with Crippen LogP contribution in [0.5, 0.6) is 0 Å². The summed E-state index contributed by atoms with van der Waals surface area (Å²) in [5.74, 6) is -2.23. The molecule has 2 N–H and O–H groups in total. The van der Waals surface area contributed by atoms with Crippen molar-refractivity contribution >= 4 is 52.3 Å². The molecule has 3 amide bonds. The predicted octanol–water partition coefficient (Wildman–Crippen LogP) is 5.16. The lowest BCUT2D eigenvalue weighted by Gasteiger charge is -2.15. The highest BCUT2D eigenvalue weighted by Gasteiger charge is 2.37. The van der Waals surface area contributed by atoms with Gasteiger partial charge in [-0.05, 0) is 42.0 Å². The number of nitrogens with zero attached hydrogens (tertiary/aromatic N) is 1. The van der Waals surface area contributed by atoms with Crippen LogP contribution < -0.4 is 10.6 Å². The van der Waals surface area contributed by atoms with Crippen LogP contribution in [-0.2, 0) is 16.1 Å². The highest BCUT2D eigenvalue weighted by atomic mass is 35.5. The minimum Gasteiger partial charge on any atom is -0.350 e. The SMILES string of the molecule is O=C(Nc1ccc(F)c(Cl)c1)c1cccc(NC2=C(Cl)C(=O)N(Cc3ccccc3)C2=O)c1. The number of rotatable bonds is 6. The number of carbonyl (C=O) groups excluding carboxylic acids is 3. The Morgan fingerprint density at radius 1 is 0.879 bits per heavy atom. The van der Waals surface area contributed by atoms with Gasteiger partial charge in [0, 0.05) is 16.9 Å². The molecule has 3 aromatic carbocycles. The molecule has 0 spiro atoms. The van der Waals surface area contributed by atoms with Crippen LogP contribution in [0.15, 0.2) is 83.5 Å². The van der Waals surface area contributed by atoms with E-state index >= 15 is 0 Å². The van der Waals surface area contributed by atoms with E-state index in [0.717, 1.165) is 16.5 Å². The second-order valence-corrected chi connectivity index (χ2v) is 7.95. The van der Waals surface area contributed by atoms with Crippen LogP contribution >= 0.6 is 23.2 Å². The number of halogens is 3. The third-order valence-corrected chi connectivity index (χ3v) is 5.51. The molecular formula is C24H16Cl2FN3O3. The lowest BCUT2D eigenvalue weighted by Crippen LogP contribution is -2.31. The van der Waals surface area contributed by atoms with Gasteiger partial charge < -0.3 is 10.6 Å². The Morgan fingerprint density at radius 2 is 1.64 bits per heavy atom. The van der Waals surface area contributed by atoms with Gasteiger partial charge in [0.2, 0.25) is 0 Å².